The van der Waals surface area contributed by atoms with Crippen LogP contribution in [0.2, 0.25) is 0 Å². The van der Waals surface area contributed by atoms with E-state index in [1.165, 1.54) is 19.2 Å². The number of rotatable bonds is 8. The maximum Gasteiger partial charge on any atom is 0.183 e. The third kappa shape index (κ3) is 5.16. The molecular weight excluding hydrogens is 366 g/mol. The molecule has 2 atom stereocenters. The summed E-state index contributed by atoms with van der Waals surface area (Å²) in [5.41, 5.74) is 0. The first-order valence-electron chi connectivity index (χ1n) is 8.09. The average molecular weight is 392 g/mol. The number of ether oxygens (including phenoxy) is 2. The van der Waals surface area contributed by atoms with Crippen LogP contribution in [0.1, 0.15) is 13.8 Å². The molecule has 1 heterocycles. The van der Waals surface area contributed by atoms with Gasteiger partial charge in [-0.1, -0.05) is 0 Å². The highest BCUT2D eigenvalue weighted by molar-refractivity contribution is 7.96. The molecule has 0 saturated carbocycles. The fourth-order valence-electron chi connectivity index (χ4n) is 2.81. The summed E-state index contributed by atoms with van der Waals surface area (Å²) in [4.78, 5) is 0.101. The molecule has 0 bridgehead atoms. The van der Waals surface area contributed by atoms with E-state index in [2.05, 4.69) is 5.32 Å². The predicted molar refractivity (Wildman–Crippen MR) is 95.5 cm³/mol. The first-order valence-corrected chi connectivity index (χ1v) is 11.5. The van der Waals surface area contributed by atoms with Gasteiger partial charge in [-0.25, -0.2) is 16.8 Å². The first-order chi connectivity index (χ1) is 11.7. The molecule has 1 aliphatic rings. The molecule has 142 valence electrons. The summed E-state index contributed by atoms with van der Waals surface area (Å²) >= 11 is 0. The van der Waals surface area contributed by atoms with E-state index in [1.54, 1.807) is 12.1 Å². The quantitative estimate of drug-likeness (QED) is 0.650. The summed E-state index contributed by atoms with van der Waals surface area (Å²) in [5.74, 6) is 0.0158. The Morgan fingerprint density at radius 3 is 2.40 bits per heavy atom. The van der Waals surface area contributed by atoms with E-state index in [0.29, 0.717) is 18.9 Å². The molecule has 7 nitrogen and oxygen atoms in total. The molecule has 2 rings (SSSR count). The maximum absolute atomic E-state index is 12.9. The minimum atomic E-state index is -3.78. The van der Waals surface area contributed by atoms with Crippen LogP contribution in [0.3, 0.4) is 0 Å². The van der Waals surface area contributed by atoms with E-state index in [1.807, 2.05) is 13.8 Å². The van der Waals surface area contributed by atoms with Gasteiger partial charge in [0.25, 0.3) is 0 Å². The van der Waals surface area contributed by atoms with Crippen molar-refractivity contribution >= 4 is 19.7 Å². The lowest BCUT2D eigenvalue weighted by Crippen LogP contribution is -2.44. The van der Waals surface area contributed by atoms with Gasteiger partial charge in [0.2, 0.25) is 0 Å². The molecular formula is C16H25NO6S2. The molecule has 2 unspecified atom stereocenters. The Labute approximate surface area is 149 Å². The molecule has 0 aromatic heterocycles. The molecule has 9 heteroatoms. The third-order valence-electron chi connectivity index (χ3n) is 3.94. The lowest BCUT2D eigenvalue weighted by atomic mass is 10.2. The average Bonchev–Trinajstić information content (AvgIpc) is 2.83. The highest BCUT2D eigenvalue weighted by Crippen LogP contribution is 2.27. The van der Waals surface area contributed by atoms with Crippen molar-refractivity contribution in [1.29, 1.82) is 0 Å². The van der Waals surface area contributed by atoms with E-state index in [4.69, 9.17) is 9.47 Å². The van der Waals surface area contributed by atoms with Crippen molar-refractivity contribution < 1.29 is 26.3 Å². The van der Waals surface area contributed by atoms with Gasteiger partial charge in [-0.2, -0.15) is 0 Å². The topological polar surface area (TPSA) is 98.8 Å². The summed E-state index contributed by atoms with van der Waals surface area (Å²) in [6.07, 6.45) is -0.0169. The van der Waals surface area contributed by atoms with Crippen molar-refractivity contribution in [3.63, 3.8) is 0 Å². The number of benzene rings is 1. The van der Waals surface area contributed by atoms with Gasteiger partial charge in [0.1, 0.15) is 5.75 Å². The Morgan fingerprint density at radius 2 is 1.84 bits per heavy atom. The normalized spacial score (nSPS) is 23.0. The Morgan fingerprint density at radius 1 is 1.20 bits per heavy atom. The zero-order chi connectivity index (χ0) is 18.7. The SMILES string of the molecule is COCCNC1CS(=O)(=O)CC1S(=O)(=O)c1ccc(OC(C)C)cc1. The number of sulfone groups is 2. The number of hydrogen-bond acceptors (Lipinski definition) is 7. The second kappa shape index (κ2) is 8.03. The molecule has 0 radical (unpaired) electrons. The van der Waals surface area contributed by atoms with Gasteiger partial charge in [-0.3, -0.25) is 0 Å². The Hall–Kier alpha value is -1.16. The van der Waals surface area contributed by atoms with E-state index >= 15 is 0 Å². The first kappa shape index (κ1) is 20.2. The van der Waals surface area contributed by atoms with Crippen LogP contribution in [0.25, 0.3) is 0 Å². The predicted octanol–water partition coefficient (Wildman–Crippen LogP) is 0.649. The monoisotopic (exact) mass is 391 g/mol. The Balaban J connectivity index is 2.23. The molecule has 1 fully saturated rings. The number of hydrogen-bond donors (Lipinski definition) is 1. The fraction of sp³-hybridized carbons (Fsp3) is 0.625. The van der Waals surface area contributed by atoms with Crippen molar-refractivity contribution in [2.24, 2.45) is 0 Å². The molecule has 0 spiro atoms. The van der Waals surface area contributed by atoms with Crippen LogP contribution in [0.15, 0.2) is 29.2 Å². The minimum Gasteiger partial charge on any atom is -0.491 e. The number of methoxy groups -OCH3 is 1. The summed E-state index contributed by atoms with van der Waals surface area (Å²) in [5, 5.41) is 1.99. The van der Waals surface area contributed by atoms with E-state index in [0.717, 1.165) is 0 Å². The van der Waals surface area contributed by atoms with Crippen LogP contribution in [-0.2, 0) is 24.4 Å². The highest BCUT2D eigenvalue weighted by Gasteiger charge is 2.45. The van der Waals surface area contributed by atoms with Crippen LogP contribution >= 0.6 is 0 Å². The van der Waals surface area contributed by atoms with Gasteiger partial charge in [0, 0.05) is 19.7 Å². The van der Waals surface area contributed by atoms with Gasteiger partial charge in [0.05, 0.1) is 34.4 Å². The molecule has 1 aromatic carbocycles. The summed E-state index contributed by atoms with van der Waals surface area (Å²) < 4.78 is 60.2. The molecule has 0 amide bonds. The molecule has 1 saturated heterocycles. The largest absolute Gasteiger partial charge is 0.491 e. The Kier molecular flexibility index (Phi) is 6.47. The maximum atomic E-state index is 12.9. The van der Waals surface area contributed by atoms with Gasteiger partial charge < -0.3 is 14.8 Å². The van der Waals surface area contributed by atoms with E-state index in [-0.39, 0.29) is 22.5 Å². The van der Waals surface area contributed by atoms with E-state index in [9.17, 15) is 16.8 Å². The minimum absolute atomic E-state index is 0.0169. The van der Waals surface area contributed by atoms with Crippen LogP contribution in [0, 0.1) is 0 Å². The van der Waals surface area contributed by atoms with Crippen molar-refractivity contribution in [2.75, 3.05) is 31.8 Å². The Bertz CT molecular complexity index is 771. The fourth-order valence-corrected chi connectivity index (χ4v) is 7.53. The second-order valence-corrected chi connectivity index (χ2v) is 10.7. The summed E-state index contributed by atoms with van der Waals surface area (Å²) in [7, 11) is -5.65. The van der Waals surface area contributed by atoms with Crippen LogP contribution < -0.4 is 10.1 Å². The van der Waals surface area contributed by atoms with Gasteiger partial charge in [-0.15, -0.1) is 0 Å². The lowest BCUT2D eigenvalue weighted by Gasteiger charge is -2.20. The van der Waals surface area contributed by atoms with Crippen molar-refractivity contribution in [2.45, 2.75) is 36.1 Å². The van der Waals surface area contributed by atoms with Gasteiger partial charge in [-0.05, 0) is 38.1 Å². The molecule has 0 aliphatic carbocycles. The zero-order valence-electron chi connectivity index (χ0n) is 14.6. The lowest BCUT2D eigenvalue weighted by molar-refractivity contribution is 0.196. The van der Waals surface area contributed by atoms with Gasteiger partial charge >= 0.3 is 0 Å². The van der Waals surface area contributed by atoms with Crippen molar-refractivity contribution in [3.8, 4) is 5.75 Å². The van der Waals surface area contributed by atoms with Crippen molar-refractivity contribution in [3.05, 3.63) is 24.3 Å². The number of nitrogens with one attached hydrogen (secondary N) is 1. The van der Waals surface area contributed by atoms with Gasteiger partial charge in [0.15, 0.2) is 19.7 Å². The summed E-state index contributed by atoms with van der Waals surface area (Å²) in [6, 6.07) is 5.46. The molecule has 25 heavy (non-hydrogen) atoms. The summed E-state index contributed by atoms with van der Waals surface area (Å²) in [6.45, 7) is 4.53. The molecule has 1 aliphatic heterocycles. The molecule has 1 aromatic rings. The van der Waals surface area contributed by atoms with Crippen LogP contribution in [0.4, 0.5) is 0 Å². The smallest absolute Gasteiger partial charge is 0.183 e. The highest BCUT2D eigenvalue weighted by atomic mass is 32.2. The molecule has 1 N–H and O–H groups in total. The van der Waals surface area contributed by atoms with Crippen LogP contribution in [0.5, 0.6) is 5.75 Å². The second-order valence-electron chi connectivity index (χ2n) is 6.35. The van der Waals surface area contributed by atoms with Crippen LogP contribution in [-0.4, -0.2) is 66.0 Å². The standard InChI is InChI=1S/C16H25NO6S2/c1-12(2)23-13-4-6-14(7-5-13)25(20,21)16-11-24(18,19)10-15(16)17-8-9-22-3/h4-7,12,15-17H,8-11H2,1-3H3. The van der Waals surface area contributed by atoms with Crippen molar-refractivity contribution in [1.82, 2.24) is 5.32 Å². The zero-order valence-corrected chi connectivity index (χ0v) is 16.3. The van der Waals surface area contributed by atoms with E-state index < -0.39 is 31.0 Å². The third-order valence-corrected chi connectivity index (χ3v) is 8.10.